The minimum absolute atomic E-state index is 0.252. The highest BCUT2D eigenvalue weighted by molar-refractivity contribution is 6.35. The van der Waals surface area contributed by atoms with Gasteiger partial charge < -0.3 is 10.3 Å². The Labute approximate surface area is 113 Å². The summed E-state index contributed by atoms with van der Waals surface area (Å²) >= 11 is 11.8. The van der Waals surface area contributed by atoms with Gasteiger partial charge in [0.2, 0.25) is 0 Å². The summed E-state index contributed by atoms with van der Waals surface area (Å²) in [5, 5.41) is 3.69. The molecule has 2 aromatic rings. The van der Waals surface area contributed by atoms with Gasteiger partial charge in [-0.25, -0.2) is 9.97 Å². The lowest BCUT2D eigenvalue weighted by Crippen LogP contribution is -2.15. The molecule has 0 bridgehead atoms. The summed E-state index contributed by atoms with van der Waals surface area (Å²) in [5.41, 5.74) is 0.762. The molecule has 2 N–H and O–H groups in total. The van der Waals surface area contributed by atoms with Crippen molar-refractivity contribution < 1.29 is 0 Å². The van der Waals surface area contributed by atoms with E-state index in [0.29, 0.717) is 33.8 Å². The third-order valence-corrected chi connectivity index (χ3v) is 2.68. The number of hydrogen-bond donors (Lipinski definition) is 2. The van der Waals surface area contributed by atoms with Crippen molar-refractivity contribution in [2.24, 2.45) is 0 Å². The Morgan fingerprint density at radius 1 is 1.39 bits per heavy atom. The van der Waals surface area contributed by atoms with Crippen LogP contribution in [-0.2, 0) is 6.54 Å². The van der Waals surface area contributed by atoms with Gasteiger partial charge in [0.1, 0.15) is 5.69 Å². The second-order valence-corrected chi connectivity index (χ2v) is 4.44. The van der Waals surface area contributed by atoms with E-state index >= 15 is 0 Å². The summed E-state index contributed by atoms with van der Waals surface area (Å²) in [6, 6.07) is 2.97. The fourth-order valence-electron chi connectivity index (χ4n) is 1.48. The van der Waals surface area contributed by atoms with E-state index in [-0.39, 0.29) is 5.56 Å². The summed E-state index contributed by atoms with van der Waals surface area (Å²) in [4.78, 5) is 22.5. The molecule has 2 rings (SSSR count). The normalized spacial score (nSPS) is 10.6. The summed E-state index contributed by atoms with van der Waals surface area (Å²) in [7, 11) is 1.77. The SMILES string of the molecule is CNCc1cc(=O)[nH]c(-c2ncc(Cl)cc2Cl)n1. The molecule has 0 aliphatic rings. The molecule has 94 valence electrons. The first-order chi connectivity index (χ1) is 8.60. The Bertz CT molecular complexity index is 627. The van der Waals surface area contributed by atoms with Crippen LogP contribution in [0.5, 0.6) is 0 Å². The number of aromatic amines is 1. The Hall–Kier alpha value is -1.43. The van der Waals surface area contributed by atoms with E-state index in [1.807, 2.05) is 0 Å². The standard InChI is InChI=1S/C11H10Cl2N4O/c1-14-5-7-3-9(18)17-11(16-7)10-8(13)2-6(12)4-15-10/h2-4,14H,5H2,1H3,(H,16,17,18). The highest BCUT2D eigenvalue weighted by Crippen LogP contribution is 2.24. The predicted molar refractivity (Wildman–Crippen MR) is 70.9 cm³/mol. The average molecular weight is 285 g/mol. The topological polar surface area (TPSA) is 70.7 Å². The van der Waals surface area contributed by atoms with Crippen molar-refractivity contribution in [1.82, 2.24) is 20.3 Å². The van der Waals surface area contributed by atoms with Crippen LogP contribution in [0.1, 0.15) is 5.69 Å². The predicted octanol–water partition coefficient (Wildman–Crippen LogP) is 1.86. The fourth-order valence-corrected chi connectivity index (χ4v) is 1.95. The van der Waals surface area contributed by atoms with Crippen LogP contribution in [0.15, 0.2) is 23.1 Å². The second kappa shape index (κ2) is 5.48. The summed E-state index contributed by atoms with van der Waals surface area (Å²) < 4.78 is 0. The van der Waals surface area contributed by atoms with Crippen molar-refractivity contribution in [2.45, 2.75) is 6.54 Å². The van der Waals surface area contributed by atoms with Gasteiger partial charge in [-0.05, 0) is 13.1 Å². The van der Waals surface area contributed by atoms with Gasteiger partial charge in [0, 0.05) is 18.8 Å². The molecule has 0 saturated carbocycles. The molecule has 0 unspecified atom stereocenters. The lowest BCUT2D eigenvalue weighted by molar-refractivity contribution is 0.784. The van der Waals surface area contributed by atoms with Crippen molar-refractivity contribution in [3.05, 3.63) is 44.4 Å². The maximum absolute atomic E-state index is 11.5. The average Bonchev–Trinajstić information content (AvgIpc) is 2.28. The quantitative estimate of drug-likeness (QED) is 0.903. The summed E-state index contributed by atoms with van der Waals surface area (Å²) in [6.45, 7) is 0.488. The van der Waals surface area contributed by atoms with E-state index < -0.39 is 0 Å². The maximum atomic E-state index is 11.5. The molecule has 7 heteroatoms. The number of hydrogen-bond acceptors (Lipinski definition) is 4. The van der Waals surface area contributed by atoms with Crippen LogP contribution in [0.3, 0.4) is 0 Å². The van der Waals surface area contributed by atoms with Crippen LogP contribution in [0.25, 0.3) is 11.5 Å². The Morgan fingerprint density at radius 2 is 2.17 bits per heavy atom. The zero-order valence-corrected chi connectivity index (χ0v) is 11.0. The third-order valence-electron chi connectivity index (χ3n) is 2.18. The van der Waals surface area contributed by atoms with Crippen LogP contribution in [0, 0.1) is 0 Å². The molecule has 0 atom stereocenters. The first kappa shape index (κ1) is 13.0. The lowest BCUT2D eigenvalue weighted by atomic mass is 10.3. The van der Waals surface area contributed by atoms with Gasteiger partial charge in [0.25, 0.3) is 5.56 Å². The first-order valence-corrected chi connectivity index (χ1v) is 5.92. The lowest BCUT2D eigenvalue weighted by Gasteiger charge is -2.05. The van der Waals surface area contributed by atoms with Gasteiger partial charge in [-0.3, -0.25) is 4.79 Å². The number of halogens is 2. The molecule has 2 heterocycles. The number of pyridine rings is 1. The number of nitrogens with one attached hydrogen (secondary N) is 2. The van der Waals surface area contributed by atoms with Crippen LogP contribution in [0.2, 0.25) is 10.0 Å². The van der Waals surface area contributed by atoms with E-state index in [1.165, 1.54) is 12.3 Å². The second-order valence-electron chi connectivity index (χ2n) is 3.60. The van der Waals surface area contributed by atoms with Crippen LogP contribution < -0.4 is 10.9 Å². The van der Waals surface area contributed by atoms with Gasteiger partial charge in [0.15, 0.2) is 5.82 Å². The number of nitrogens with zero attached hydrogens (tertiary/aromatic N) is 2. The fraction of sp³-hybridized carbons (Fsp3) is 0.182. The minimum Gasteiger partial charge on any atom is -0.314 e. The number of H-pyrrole nitrogens is 1. The molecule has 0 radical (unpaired) electrons. The molecule has 0 aromatic carbocycles. The van der Waals surface area contributed by atoms with E-state index in [2.05, 4.69) is 20.3 Å². The molecule has 5 nitrogen and oxygen atoms in total. The number of aromatic nitrogens is 3. The molecule has 0 fully saturated rings. The molecule has 0 amide bonds. The van der Waals surface area contributed by atoms with Crippen molar-refractivity contribution in [2.75, 3.05) is 7.05 Å². The molecule has 18 heavy (non-hydrogen) atoms. The minimum atomic E-state index is -0.252. The Kier molecular flexibility index (Phi) is 3.96. The van der Waals surface area contributed by atoms with E-state index in [0.717, 1.165) is 0 Å². The molecular formula is C11H10Cl2N4O. The van der Waals surface area contributed by atoms with Crippen molar-refractivity contribution in [1.29, 1.82) is 0 Å². The maximum Gasteiger partial charge on any atom is 0.251 e. The van der Waals surface area contributed by atoms with Crippen molar-refractivity contribution in [3.63, 3.8) is 0 Å². The summed E-state index contributed by atoms with van der Waals surface area (Å²) in [6.07, 6.45) is 1.45. The van der Waals surface area contributed by atoms with Crippen molar-refractivity contribution in [3.8, 4) is 11.5 Å². The molecule has 0 aliphatic heterocycles. The van der Waals surface area contributed by atoms with E-state index in [1.54, 1.807) is 13.1 Å². The first-order valence-electron chi connectivity index (χ1n) is 5.16. The summed E-state index contributed by atoms with van der Waals surface area (Å²) in [5.74, 6) is 0.328. The largest absolute Gasteiger partial charge is 0.314 e. The smallest absolute Gasteiger partial charge is 0.251 e. The van der Waals surface area contributed by atoms with Crippen LogP contribution >= 0.6 is 23.2 Å². The van der Waals surface area contributed by atoms with Gasteiger partial charge >= 0.3 is 0 Å². The number of rotatable bonds is 3. The zero-order valence-electron chi connectivity index (χ0n) is 9.50. The zero-order chi connectivity index (χ0) is 13.1. The highest BCUT2D eigenvalue weighted by Gasteiger charge is 2.10. The van der Waals surface area contributed by atoms with Gasteiger partial charge in [-0.15, -0.1) is 0 Å². The van der Waals surface area contributed by atoms with Crippen molar-refractivity contribution >= 4 is 23.2 Å². The van der Waals surface area contributed by atoms with Gasteiger partial charge in [-0.2, -0.15) is 0 Å². The molecule has 0 spiro atoms. The van der Waals surface area contributed by atoms with Gasteiger partial charge in [0.05, 0.1) is 15.7 Å². The van der Waals surface area contributed by atoms with Crippen LogP contribution in [-0.4, -0.2) is 22.0 Å². The monoisotopic (exact) mass is 284 g/mol. The Morgan fingerprint density at radius 3 is 2.83 bits per heavy atom. The van der Waals surface area contributed by atoms with Crippen LogP contribution in [0.4, 0.5) is 0 Å². The van der Waals surface area contributed by atoms with E-state index in [4.69, 9.17) is 23.2 Å². The Balaban J connectivity index is 2.53. The van der Waals surface area contributed by atoms with Gasteiger partial charge in [-0.1, -0.05) is 23.2 Å². The third kappa shape index (κ3) is 2.87. The molecule has 0 aliphatic carbocycles. The molecule has 2 aromatic heterocycles. The molecule has 0 saturated heterocycles. The highest BCUT2D eigenvalue weighted by atomic mass is 35.5. The molecular weight excluding hydrogens is 275 g/mol. The van der Waals surface area contributed by atoms with E-state index in [9.17, 15) is 4.79 Å².